The molecule has 2 aromatic rings. The first kappa shape index (κ1) is 13.8. The first-order valence-electron chi connectivity index (χ1n) is 5.90. The van der Waals surface area contributed by atoms with Gasteiger partial charge in [0.15, 0.2) is 11.6 Å². The van der Waals surface area contributed by atoms with E-state index in [1.54, 1.807) is 0 Å². The summed E-state index contributed by atoms with van der Waals surface area (Å²) in [4.78, 5) is 0. The summed E-state index contributed by atoms with van der Waals surface area (Å²) in [7, 11) is 1.37. The molecule has 0 unspecified atom stereocenters. The Labute approximate surface area is 115 Å². The number of halogens is 2. The molecule has 0 aliphatic carbocycles. The second-order valence-electron chi connectivity index (χ2n) is 4.12. The average molecular weight is 274 g/mol. The van der Waals surface area contributed by atoms with Gasteiger partial charge in [-0.15, -0.1) is 0 Å². The third-order valence-corrected chi connectivity index (χ3v) is 2.81. The number of benzene rings is 2. The van der Waals surface area contributed by atoms with E-state index in [4.69, 9.17) is 10.00 Å². The normalized spacial score (nSPS) is 9.90. The van der Waals surface area contributed by atoms with Crippen LogP contribution in [0.4, 0.5) is 14.5 Å². The van der Waals surface area contributed by atoms with Crippen LogP contribution in [0.3, 0.4) is 0 Å². The van der Waals surface area contributed by atoms with Gasteiger partial charge in [-0.3, -0.25) is 0 Å². The quantitative estimate of drug-likeness (QED) is 0.928. The Morgan fingerprint density at radius 1 is 1.15 bits per heavy atom. The Balaban J connectivity index is 2.15. The topological polar surface area (TPSA) is 45.0 Å². The van der Waals surface area contributed by atoms with Crippen molar-refractivity contribution >= 4 is 5.69 Å². The zero-order chi connectivity index (χ0) is 14.5. The Bertz CT molecular complexity index is 665. The van der Waals surface area contributed by atoms with Crippen LogP contribution in [0.25, 0.3) is 0 Å². The lowest BCUT2D eigenvalue weighted by Crippen LogP contribution is -2.03. The van der Waals surface area contributed by atoms with Gasteiger partial charge in [-0.2, -0.15) is 5.26 Å². The molecule has 102 valence electrons. The summed E-state index contributed by atoms with van der Waals surface area (Å²) in [6.07, 6.45) is 0. The summed E-state index contributed by atoms with van der Waals surface area (Å²) in [6.45, 7) is 0.191. The maximum Gasteiger partial charge on any atom is 0.165 e. The van der Waals surface area contributed by atoms with Gasteiger partial charge in [-0.25, -0.2) is 8.78 Å². The fraction of sp³-hybridized carbons (Fsp3) is 0.133. The van der Waals surface area contributed by atoms with Crippen molar-refractivity contribution in [1.29, 1.82) is 5.26 Å². The van der Waals surface area contributed by atoms with Crippen LogP contribution in [0, 0.1) is 23.0 Å². The number of methoxy groups -OCH3 is 1. The maximum absolute atomic E-state index is 13.6. The van der Waals surface area contributed by atoms with E-state index in [9.17, 15) is 8.78 Å². The number of anilines is 1. The molecule has 0 bridgehead atoms. The molecule has 2 rings (SSSR count). The molecule has 1 N–H and O–H groups in total. The number of ether oxygens (including phenoxy) is 1. The molecule has 0 saturated carbocycles. The standard InChI is InChI=1S/C15H12F2N2O/c1-20-15-7-12(3-5-14(15)17)19-9-11-6-10(8-18)2-4-13(11)16/h2-7,19H,9H2,1H3. The fourth-order valence-electron chi connectivity index (χ4n) is 1.75. The molecule has 0 spiro atoms. The van der Waals surface area contributed by atoms with Crippen molar-refractivity contribution in [1.82, 2.24) is 0 Å². The molecule has 0 saturated heterocycles. The number of nitrogens with one attached hydrogen (secondary N) is 1. The molecule has 0 heterocycles. The van der Waals surface area contributed by atoms with E-state index >= 15 is 0 Å². The van der Waals surface area contributed by atoms with Gasteiger partial charge in [0.2, 0.25) is 0 Å². The highest BCUT2D eigenvalue weighted by atomic mass is 19.1. The smallest absolute Gasteiger partial charge is 0.165 e. The molecular weight excluding hydrogens is 262 g/mol. The summed E-state index contributed by atoms with van der Waals surface area (Å²) >= 11 is 0. The second-order valence-corrected chi connectivity index (χ2v) is 4.12. The van der Waals surface area contributed by atoms with Crippen molar-refractivity contribution in [2.75, 3.05) is 12.4 Å². The summed E-state index contributed by atoms with van der Waals surface area (Å²) in [5, 5.41) is 11.7. The van der Waals surface area contributed by atoms with Crippen molar-refractivity contribution < 1.29 is 13.5 Å². The summed E-state index contributed by atoms with van der Waals surface area (Å²) in [6, 6.07) is 10.4. The van der Waals surface area contributed by atoms with E-state index in [0.717, 1.165) is 0 Å². The highest BCUT2D eigenvalue weighted by molar-refractivity contribution is 5.49. The number of rotatable bonds is 4. The molecular formula is C15H12F2N2O. The number of hydrogen-bond donors (Lipinski definition) is 1. The number of nitriles is 1. The first-order valence-corrected chi connectivity index (χ1v) is 5.90. The van der Waals surface area contributed by atoms with Gasteiger partial charge in [0.25, 0.3) is 0 Å². The molecule has 0 amide bonds. The van der Waals surface area contributed by atoms with Crippen LogP contribution in [0.1, 0.15) is 11.1 Å². The number of hydrogen-bond acceptors (Lipinski definition) is 3. The third-order valence-electron chi connectivity index (χ3n) is 2.81. The van der Waals surface area contributed by atoms with Crippen LogP contribution in [0.2, 0.25) is 0 Å². The lowest BCUT2D eigenvalue weighted by molar-refractivity contribution is 0.387. The molecule has 5 heteroatoms. The van der Waals surface area contributed by atoms with Gasteiger partial charge < -0.3 is 10.1 Å². The summed E-state index contributed by atoms with van der Waals surface area (Å²) < 4.78 is 31.7. The van der Waals surface area contributed by atoms with Crippen LogP contribution in [-0.4, -0.2) is 7.11 Å². The predicted molar refractivity (Wildman–Crippen MR) is 71.4 cm³/mol. The van der Waals surface area contributed by atoms with Crippen molar-refractivity contribution in [2.45, 2.75) is 6.54 Å². The van der Waals surface area contributed by atoms with Crippen LogP contribution in [0.15, 0.2) is 36.4 Å². The Kier molecular flexibility index (Phi) is 4.16. The van der Waals surface area contributed by atoms with Gasteiger partial charge in [0.1, 0.15) is 5.82 Å². The second kappa shape index (κ2) is 6.02. The maximum atomic E-state index is 13.6. The van der Waals surface area contributed by atoms with Crippen molar-refractivity contribution in [2.24, 2.45) is 0 Å². The van der Waals surface area contributed by atoms with Crippen molar-refractivity contribution in [3.05, 3.63) is 59.2 Å². The molecule has 0 aliphatic heterocycles. The predicted octanol–water partition coefficient (Wildman–Crippen LogP) is 3.46. The molecule has 0 fully saturated rings. The van der Waals surface area contributed by atoms with E-state index in [2.05, 4.69) is 5.32 Å². The number of nitrogens with zero attached hydrogens (tertiary/aromatic N) is 1. The lowest BCUT2D eigenvalue weighted by Gasteiger charge is -2.09. The SMILES string of the molecule is COc1cc(NCc2cc(C#N)ccc2F)ccc1F. The first-order chi connectivity index (χ1) is 9.63. The fourth-order valence-corrected chi connectivity index (χ4v) is 1.75. The van der Waals surface area contributed by atoms with Gasteiger partial charge in [0, 0.05) is 23.9 Å². The molecule has 3 nitrogen and oxygen atoms in total. The minimum absolute atomic E-state index is 0.112. The average Bonchev–Trinajstić information content (AvgIpc) is 2.47. The molecule has 0 aliphatic rings. The molecule has 20 heavy (non-hydrogen) atoms. The highest BCUT2D eigenvalue weighted by Crippen LogP contribution is 2.22. The molecule has 2 aromatic carbocycles. The molecule has 0 atom stereocenters. The van der Waals surface area contributed by atoms with E-state index in [0.29, 0.717) is 16.8 Å². The minimum atomic E-state index is -0.462. The zero-order valence-corrected chi connectivity index (χ0v) is 10.8. The van der Waals surface area contributed by atoms with Crippen molar-refractivity contribution in [3.63, 3.8) is 0 Å². The largest absolute Gasteiger partial charge is 0.494 e. The van der Waals surface area contributed by atoms with Gasteiger partial charge in [0.05, 0.1) is 18.7 Å². The van der Waals surface area contributed by atoms with Gasteiger partial charge in [-0.05, 0) is 30.3 Å². The van der Waals surface area contributed by atoms with Crippen LogP contribution in [-0.2, 0) is 6.54 Å². The Hall–Kier alpha value is -2.61. The van der Waals surface area contributed by atoms with Crippen LogP contribution in [0.5, 0.6) is 5.75 Å². The highest BCUT2D eigenvalue weighted by Gasteiger charge is 2.06. The van der Waals surface area contributed by atoms with Crippen molar-refractivity contribution in [3.8, 4) is 11.8 Å². The lowest BCUT2D eigenvalue weighted by atomic mass is 10.1. The Morgan fingerprint density at radius 2 is 1.90 bits per heavy atom. The molecule has 0 radical (unpaired) electrons. The van der Waals surface area contributed by atoms with E-state index in [1.807, 2.05) is 6.07 Å². The van der Waals surface area contributed by atoms with Crippen LogP contribution >= 0.6 is 0 Å². The van der Waals surface area contributed by atoms with Gasteiger partial charge >= 0.3 is 0 Å². The Morgan fingerprint density at radius 3 is 2.60 bits per heavy atom. The van der Waals surface area contributed by atoms with Gasteiger partial charge in [-0.1, -0.05) is 0 Å². The zero-order valence-electron chi connectivity index (χ0n) is 10.8. The van der Waals surface area contributed by atoms with E-state index in [-0.39, 0.29) is 12.3 Å². The molecule has 0 aromatic heterocycles. The summed E-state index contributed by atoms with van der Waals surface area (Å²) in [5.41, 5.74) is 1.36. The van der Waals surface area contributed by atoms with Crippen LogP contribution < -0.4 is 10.1 Å². The third kappa shape index (κ3) is 3.04. The monoisotopic (exact) mass is 274 g/mol. The summed E-state index contributed by atoms with van der Waals surface area (Å²) in [5.74, 6) is -0.748. The van der Waals surface area contributed by atoms with E-state index in [1.165, 1.54) is 43.5 Å². The van der Waals surface area contributed by atoms with E-state index < -0.39 is 11.6 Å². The minimum Gasteiger partial charge on any atom is -0.494 e.